The maximum absolute atomic E-state index is 5.71. The number of unbranched alkanes of at least 4 members (excludes halogenated alkanes) is 1. The first kappa shape index (κ1) is 11.5. The molecule has 0 aromatic carbocycles. The highest BCUT2D eigenvalue weighted by Gasteiger charge is 2.23. The van der Waals surface area contributed by atoms with Crippen LogP contribution in [0.3, 0.4) is 0 Å². The van der Waals surface area contributed by atoms with Gasteiger partial charge in [0.15, 0.2) is 0 Å². The highest BCUT2D eigenvalue weighted by atomic mass is 15.3. The lowest BCUT2D eigenvalue weighted by Gasteiger charge is -2.18. The normalized spacial score (nSPS) is 20.6. The highest BCUT2D eigenvalue weighted by Crippen LogP contribution is 2.21. The fraction of sp³-hybridized carbons (Fsp3) is 0.750. The zero-order valence-corrected chi connectivity index (χ0v) is 10.1. The van der Waals surface area contributed by atoms with Crippen LogP contribution in [0.2, 0.25) is 0 Å². The number of rotatable bonds is 5. The molecule has 1 saturated heterocycles. The Morgan fingerprint density at radius 1 is 1.56 bits per heavy atom. The summed E-state index contributed by atoms with van der Waals surface area (Å²) in [6.07, 6.45) is 7.64. The molecule has 4 nitrogen and oxygen atoms in total. The van der Waals surface area contributed by atoms with Crippen molar-refractivity contribution in [2.45, 2.75) is 32.7 Å². The monoisotopic (exact) mass is 222 g/mol. The van der Waals surface area contributed by atoms with Crippen LogP contribution in [0.15, 0.2) is 12.4 Å². The average molecular weight is 222 g/mol. The Hall–Kier alpha value is -1.03. The third kappa shape index (κ3) is 2.38. The van der Waals surface area contributed by atoms with Gasteiger partial charge in [-0.15, -0.1) is 0 Å². The van der Waals surface area contributed by atoms with Crippen molar-refractivity contribution in [3.05, 3.63) is 12.4 Å². The molecule has 16 heavy (non-hydrogen) atoms. The number of hydrogen-bond acceptors (Lipinski definition) is 3. The molecule has 1 aliphatic heterocycles. The SMILES string of the molecule is CCCCn1ccnc1N1CCC(CN)C1. The minimum absolute atomic E-state index is 0.649. The Balaban J connectivity index is 2.00. The van der Waals surface area contributed by atoms with E-state index in [0.29, 0.717) is 5.92 Å². The first-order valence-corrected chi connectivity index (χ1v) is 6.31. The molecule has 90 valence electrons. The van der Waals surface area contributed by atoms with Crippen molar-refractivity contribution >= 4 is 5.95 Å². The summed E-state index contributed by atoms with van der Waals surface area (Å²) >= 11 is 0. The number of hydrogen-bond donors (Lipinski definition) is 1. The van der Waals surface area contributed by atoms with Crippen molar-refractivity contribution < 1.29 is 0 Å². The molecule has 1 atom stereocenters. The number of anilines is 1. The first-order valence-electron chi connectivity index (χ1n) is 6.31. The van der Waals surface area contributed by atoms with Crippen LogP contribution in [0.4, 0.5) is 5.95 Å². The zero-order valence-electron chi connectivity index (χ0n) is 10.1. The van der Waals surface area contributed by atoms with Gasteiger partial charge >= 0.3 is 0 Å². The maximum atomic E-state index is 5.71. The second kappa shape index (κ2) is 5.34. The standard InChI is InChI=1S/C12H22N4/c1-2-3-6-15-8-5-14-12(15)16-7-4-11(9-13)10-16/h5,8,11H,2-4,6-7,9-10,13H2,1H3. The van der Waals surface area contributed by atoms with Crippen molar-refractivity contribution in [3.63, 3.8) is 0 Å². The van der Waals surface area contributed by atoms with Gasteiger partial charge in [-0.2, -0.15) is 0 Å². The predicted molar refractivity (Wildman–Crippen MR) is 66.5 cm³/mol. The fourth-order valence-corrected chi connectivity index (χ4v) is 2.29. The highest BCUT2D eigenvalue weighted by molar-refractivity contribution is 5.33. The number of nitrogens with zero attached hydrogens (tertiary/aromatic N) is 3. The van der Waals surface area contributed by atoms with Gasteiger partial charge in [0, 0.05) is 32.0 Å². The molecule has 1 aliphatic rings. The van der Waals surface area contributed by atoms with E-state index in [9.17, 15) is 0 Å². The summed E-state index contributed by atoms with van der Waals surface area (Å²) in [6.45, 7) is 6.27. The molecule has 0 bridgehead atoms. The molecule has 1 aromatic heterocycles. The summed E-state index contributed by atoms with van der Waals surface area (Å²) in [6, 6.07) is 0. The van der Waals surface area contributed by atoms with E-state index in [1.165, 1.54) is 19.3 Å². The summed E-state index contributed by atoms with van der Waals surface area (Å²) in [5.74, 6) is 1.78. The molecule has 0 saturated carbocycles. The van der Waals surface area contributed by atoms with Crippen LogP contribution in [-0.2, 0) is 6.54 Å². The molecule has 4 heteroatoms. The number of aromatic nitrogens is 2. The Bertz CT molecular complexity index is 321. The molecular weight excluding hydrogens is 200 g/mol. The van der Waals surface area contributed by atoms with Gasteiger partial charge < -0.3 is 15.2 Å². The molecule has 0 radical (unpaired) electrons. The van der Waals surface area contributed by atoms with Gasteiger partial charge in [-0.3, -0.25) is 0 Å². The lowest BCUT2D eigenvalue weighted by atomic mass is 10.1. The number of nitrogens with two attached hydrogens (primary N) is 1. The fourth-order valence-electron chi connectivity index (χ4n) is 2.29. The van der Waals surface area contributed by atoms with Gasteiger partial charge in [-0.1, -0.05) is 13.3 Å². The van der Waals surface area contributed by atoms with Gasteiger partial charge in [0.1, 0.15) is 0 Å². The molecule has 2 rings (SSSR count). The van der Waals surface area contributed by atoms with E-state index in [1.54, 1.807) is 0 Å². The maximum Gasteiger partial charge on any atom is 0.205 e. The second-order valence-corrected chi connectivity index (χ2v) is 4.61. The molecule has 1 unspecified atom stereocenters. The van der Waals surface area contributed by atoms with Crippen LogP contribution in [0.1, 0.15) is 26.2 Å². The van der Waals surface area contributed by atoms with Crippen LogP contribution < -0.4 is 10.6 Å². The quantitative estimate of drug-likeness (QED) is 0.820. The van der Waals surface area contributed by atoms with Gasteiger partial charge in [0.2, 0.25) is 5.95 Å². The van der Waals surface area contributed by atoms with Crippen molar-refractivity contribution in [1.29, 1.82) is 0 Å². The lowest BCUT2D eigenvalue weighted by molar-refractivity contribution is 0.595. The van der Waals surface area contributed by atoms with E-state index in [4.69, 9.17) is 5.73 Å². The average Bonchev–Trinajstić information content (AvgIpc) is 2.94. The van der Waals surface area contributed by atoms with E-state index in [-0.39, 0.29) is 0 Å². The second-order valence-electron chi connectivity index (χ2n) is 4.61. The molecular formula is C12H22N4. The van der Waals surface area contributed by atoms with Crippen LogP contribution in [0, 0.1) is 5.92 Å². The van der Waals surface area contributed by atoms with Gasteiger partial charge in [0.05, 0.1) is 0 Å². The van der Waals surface area contributed by atoms with Gasteiger partial charge in [0.25, 0.3) is 0 Å². The summed E-state index contributed by atoms with van der Waals surface area (Å²) in [7, 11) is 0. The molecule has 0 amide bonds. The van der Waals surface area contributed by atoms with Crippen molar-refractivity contribution in [1.82, 2.24) is 9.55 Å². The van der Waals surface area contributed by atoms with Crippen molar-refractivity contribution in [2.24, 2.45) is 11.7 Å². The molecule has 2 heterocycles. The van der Waals surface area contributed by atoms with E-state index in [1.807, 2.05) is 6.20 Å². The van der Waals surface area contributed by atoms with Crippen LogP contribution in [-0.4, -0.2) is 29.2 Å². The topological polar surface area (TPSA) is 47.1 Å². The Morgan fingerprint density at radius 2 is 2.44 bits per heavy atom. The summed E-state index contributed by atoms with van der Waals surface area (Å²) < 4.78 is 2.27. The molecule has 1 fully saturated rings. The van der Waals surface area contributed by atoms with Crippen LogP contribution in [0.5, 0.6) is 0 Å². The summed E-state index contributed by atoms with van der Waals surface area (Å²) in [5, 5.41) is 0. The molecule has 2 N–H and O–H groups in total. The summed E-state index contributed by atoms with van der Waals surface area (Å²) in [4.78, 5) is 6.84. The molecule has 0 aliphatic carbocycles. The van der Waals surface area contributed by atoms with Crippen molar-refractivity contribution in [2.75, 3.05) is 24.5 Å². The minimum Gasteiger partial charge on any atom is -0.342 e. The third-order valence-corrected chi connectivity index (χ3v) is 3.35. The minimum atomic E-state index is 0.649. The Morgan fingerprint density at radius 3 is 3.12 bits per heavy atom. The van der Waals surface area contributed by atoms with E-state index in [2.05, 4.69) is 27.6 Å². The third-order valence-electron chi connectivity index (χ3n) is 3.35. The van der Waals surface area contributed by atoms with Gasteiger partial charge in [-0.05, 0) is 25.3 Å². The molecule has 1 aromatic rings. The lowest BCUT2D eigenvalue weighted by Crippen LogP contribution is -2.25. The number of aryl methyl sites for hydroxylation is 1. The van der Waals surface area contributed by atoms with Crippen LogP contribution >= 0.6 is 0 Å². The number of imidazole rings is 1. The summed E-state index contributed by atoms with van der Waals surface area (Å²) in [5.41, 5.74) is 5.71. The predicted octanol–water partition coefficient (Wildman–Crippen LogP) is 1.47. The van der Waals surface area contributed by atoms with Gasteiger partial charge in [-0.25, -0.2) is 4.98 Å². The zero-order chi connectivity index (χ0) is 11.4. The molecule has 0 spiro atoms. The first-order chi connectivity index (χ1) is 7.85. The van der Waals surface area contributed by atoms with Crippen LogP contribution in [0.25, 0.3) is 0 Å². The van der Waals surface area contributed by atoms with E-state index in [0.717, 1.165) is 32.1 Å². The Kier molecular flexibility index (Phi) is 3.83. The van der Waals surface area contributed by atoms with Crippen molar-refractivity contribution in [3.8, 4) is 0 Å². The van der Waals surface area contributed by atoms with E-state index < -0.39 is 0 Å². The largest absolute Gasteiger partial charge is 0.342 e. The Labute approximate surface area is 97.4 Å². The smallest absolute Gasteiger partial charge is 0.205 e. The van der Waals surface area contributed by atoms with E-state index >= 15 is 0 Å².